The van der Waals surface area contributed by atoms with Crippen LogP contribution in [-0.2, 0) is 0 Å². The lowest BCUT2D eigenvalue weighted by molar-refractivity contribution is 0.178. The van der Waals surface area contributed by atoms with Gasteiger partial charge >= 0.3 is 0 Å². The van der Waals surface area contributed by atoms with E-state index in [1.165, 1.54) is 0 Å². The largest absolute Gasteiger partial charge is 0.494 e. The lowest BCUT2D eigenvalue weighted by atomic mass is 10.1. The Labute approximate surface area is 223 Å². The van der Waals surface area contributed by atoms with E-state index in [2.05, 4.69) is 29.9 Å². The third-order valence-electron chi connectivity index (χ3n) is 5.90. The van der Waals surface area contributed by atoms with Crippen LogP contribution in [-0.4, -0.2) is 66.8 Å². The number of hydrogen-bond acceptors (Lipinski definition) is 10. The molecule has 1 aromatic carbocycles. The summed E-state index contributed by atoms with van der Waals surface area (Å²) in [6, 6.07) is 10.9. The van der Waals surface area contributed by atoms with Crippen molar-refractivity contribution in [3.8, 4) is 34.6 Å². The lowest BCUT2D eigenvalue weighted by Gasteiger charge is -2.24. The third-order valence-corrected chi connectivity index (χ3v) is 7.89. The van der Waals surface area contributed by atoms with Crippen LogP contribution in [0.2, 0.25) is 0 Å². The first kappa shape index (κ1) is 27.0. The normalized spacial score (nSPS) is 13.6. The first-order valence-corrected chi connectivity index (χ1v) is 13.2. The molecule has 0 aliphatic heterocycles. The fraction of sp³-hybridized carbons (Fsp3) is 0.308. The number of methoxy groups -OCH3 is 3. The highest BCUT2D eigenvalue weighted by atomic mass is 32.2. The van der Waals surface area contributed by atoms with Crippen molar-refractivity contribution in [2.24, 2.45) is 0 Å². The van der Waals surface area contributed by atoms with E-state index in [0.717, 1.165) is 0 Å². The summed E-state index contributed by atoms with van der Waals surface area (Å²) in [7, 11) is 4.09. The van der Waals surface area contributed by atoms with Crippen LogP contribution in [0.3, 0.4) is 0 Å². The summed E-state index contributed by atoms with van der Waals surface area (Å²) >= 11 is 0. The zero-order valence-corrected chi connectivity index (χ0v) is 22.9. The second-order valence-corrected chi connectivity index (χ2v) is 10.3. The smallest absolute Gasteiger partial charge is 0.239 e. The maximum atomic E-state index is 11.1. The number of ether oxygens (including phenoxy) is 3. The van der Waals surface area contributed by atoms with Gasteiger partial charge in [-0.25, -0.2) is 15.0 Å². The number of rotatable bonds is 10. The Kier molecular flexibility index (Phi) is 8.54. The van der Waals surface area contributed by atoms with Crippen LogP contribution in [0.25, 0.3) is 17.2 Å². The van der Waals surface area contributed by atoms with E-state index in [-0.39, 0.29) is 5.25 Å². The quantitative estimate of drug-likeness (QED) is 0.286. The molecule has 1 unspecified atom stereocenters. The number of aliphatic hydroxyl groups is 1. The second kappa shape index (κ2) is 12.0. The summed E-state index contributed by atoms with van der Waals surface area (Å²) in [5, 5.41) is 21.8. The molecule has 4 aromatic rings. The third kappa shape index (κ3) is 5.46. The number of aliphatic hydroxyl groups excluding tert-OH is 1. The number of aromatic nitrogens is 6. The predicted octanol–water partition coefficient (Wildman–Crippen LogP) is 3.99. The summed E-state index contributed by atoms with van der Waals surface area (Å²) < 4.78 is 22.0. The van der Waals surface area contributed by atoms with Crippen molar-refractivity contribution >= 4 is 22.0 Å². The Morgan fingerprint density at radius 1 is 0.974 bits per heavy atom. The molecule has 3 atom stereocenters. The zero-order valence-electron chi connectivity index (χ0n) is 22.1. The maximum Gasteiger partial charge on any atom is 0.239 e. The molecule has 2 N–H and O–H groups in total. The molecule has 38 heavy (non-hydrogen) atoms. The molecule has 0 aliphatic carbocycles. The van der Waals surface area contributed by atoms with Crippen molar-refractivity contribution in [3.05, 3.63) is 60.2 Å². The number of anilines is 1. The number of benzene rings is 1. The second-order valence-electron chi connectivity index (χ2n) is 8.18. The van der Waals surface area contributed by atoms with Crippen molar-refractivity contribution in [2.45, 2.75) is 32.1 Å². The van der Waals surface area contributed by atoms with Crippen molar-refractivity contribution < 1.29 is 19.3 Å². The van der Waals surface area contributed by atoms with Gasteiger partial charge in [0.1, 0.15) is 28.7 Å². The van der Waals surface area contributed by atoms with Gasteiger partial charge in [0.05, 0.1) is 27.4 Å². The molecule has 0 saturated heterocycles. The Hall–Kier alpha value is -4.03. The van der Waals surface area contributed by atoms with E-state index in [0.29, 0.717) is 51.9 Å². The molecule has 3 heterocycles. The van der Waals surface area contributed by atoms with E-state index in [1.54, 1.807) is 51.3 Å². The van der Waals surface area contributed by atoms with E-state index in [4.69, 9.17) is 14.2 Å². The minimum Gasteiger partial charge on any atom is -0.494 e. The molecule has 0 spiro atoms. The van der Waals surface area contributed by atoms with Crippen LogP contribution in [0.15, 0.2) is 48.8 Å². The summed E-state index contributed by atoms with van der Waals surface area (Å²) in [5.41, 5.74) is 1.78. The fourth-order valence-electron chi connectivity index (χ4n) is 3.87. The van der Waals surface area contributed by atoms with Gasteiger partial charge in [-0.05, 0) is 44.3 Å². The number of nitrogens with one attached hydrogen (secondary N) is 1. The Bertz CT molecular complexity index is 1400. The summed E-state index contributed by atoms with van der Waals surface area (Å²) in [6.45, 7) is 5.69. The molecular formula is C26H31N7O4S. The van der Waals surface area contributed by atoms with E-state index >= 15 is 0 Å². The highest BCUT2D eigenvalue weighted by Gasteiger charge is 2.26. The molecule has 12 heteroatoms. The number of hydrogen-bond donors (Lipinski definition) is 2. The molecular weight excluding hydrogens is 506 g/mol. The van der Waals surface area contributed by atoms with E-state index < -0.39 is 16.8 Å². The molecule has 11 nitrogen and oxygen atoms in total. The highest BCUT2D eigenvalue weighted by molar-refractivity contribution is 8.16. The van der Waals surface area contributed by atoms with Gasteiger partial charge in [0.15, 0.2) is 5.82 Å². The van der Waals surface area contributed by atoms with Gasteiger partial charge in [0, 0.05) is 29.3 Å². The molecule has 0 fully saturated rings. The van der Waals surface area contributed by atoms with Crippen molar-refractivity contribution in [2.75, 3.05) is 26.1 Å². The van der Waals surface area contributed by atoms with Gasteiger partial charge in [0.25, 0.3) is 0 Å². The molecule has 0 saturated carbocycles. The van der Waals surface area contributed by atoms with Gasteiger partial charge in [-0.2, -0.15) is 0 Å². The van der Waals surface area contributed by atoms with Crippen molar-refractivity contribution in [1.82, 2.24) is 29.7 Å². The average Bonchev–Trinajstić information content (AvgIpc) is 3.38. The Morgan fingerprint density at radius 2 is 1.63 bits per heavy atom. The van der Waals surface area contributed by atoms with Gasteiger partial charge in [-0.1, -0.05) is 22.8 Å². The molecule has 0 amide bonds. The Morgan fingerprint density at radius 3 is 2.24 bits per heavy atom. The number of aryl methyl sites for hydroxylation is 1. The van der Waals surface area contributed by atoms with Gasteiger partial charge in [-0.3, -0.25) is 4.57 Å². The summed E-state index contributed by atoms with van der Waals surface area (Å²) in [4.78, 5) is 13.0. The minimum absolute atomic E-state index is 0.241. The van der Waals surface area contributed by atoms with Gasteiger partial charge in [-0.15, -0.1) is 10.2 Å². The van der Waals surface area contributed by atoms with Crippen LogP contribution in [0.5, 0.6) is 17.4 Å². The first-order valence-electron chi connectivity index (χ1n) is 11.8. The monoisotopic (exact) mass is 537 g/mol. The highest BCUT2D eigenvalue weighted by Crippen LogP contribution is 2.39. The fourth-order valence-corrected chi connectivity index (χ4v) is 5.38. The number of para-hydroxylation sites is 1. The Balaban J connectivity index is 1.82. The van der Waals surface area contributed by atoms with E-state index in [9.17, 15) is 5.11 Å². The number of nitrogens with zero attached hydrogens (tertiary/aromatic N) is 6. The van der Waals surface area contributed by atoms with Crippen LogP contribution in [0, 0.1) is 6.92 Å². The summed E-state index contributed by atoms with van der Waals surface area (Å²) in [6.07, 6.45) is 2.49. The van der Waals surface area contributed by atoms with Crippen LogP contribution in [0.1, 0.15) is 31.3 Å². The average molecular weight is 538 g/mol. The van der Waals surface area contributed by atoms with Crippen molar-refractivity contribution in [3.63, 3.8) is 0 Å². The van der Waals surface area contributed by atoms with Gasteiger partial charge < -0.3 is 24.0 Å². The zero-order chi connectivity index (χ0) is 27.2. The van der Waals surface area contributed by atoms with Crippen LogP contribution in [0.4, 0.5) is 5.95 Å². The standard InChI is InChI=1S/C26H31N7O4S/c1-7-38(16(2)24(34)18-14-27-17(3)28-15-18)32-26-31-30-25(19-10-8-13-22(29-19)37-6)33(26)23-20(35-4)11-9-12-21(23)36-5/h7-16,24,34H,1-6H3,(H,31,32)/t16-,24-,38?/m1/s1. The first-order chi connectivity index (χ1) is 18.4. The predicted molar refractivity (Wildman–Crippen MR) is 148 cm³/mol. The molecule has 0 bridgehead atoms. The lowest BCUT2D eigenvalue weighted by Crippen LogP contribution is -2.18. The summed E-state index contributed by atoms with van der Waals surface area (Å²) in [5.74, 6) is 3.08. The SMILES string of the molecule is C/C=S(\Nc1nnc(-c2cccc(OC)n2)n1-c1c(OC)cccc1OC)[C@H](C)[C@@H](O)c1cnc(C)nc1. The van der Waals surface area contributed by atoms with Gasteiger partial charge in [0.2, 0.25) is 11.8 Å². The molecule has 4 rings (SSSR count). The van der Waals surface area contributed by atoms with Crippen LogP contribution < -0.4 is 18.9 Å². The topological polar surface area (TPSA) is 129 Å². The van der Waals surface area contributed by atoms with E-state index in [1.807, 2.05) is 49.5 Å². The van der Waals surface area contributed by atoms with Crippen molar-refractivity contribution in [1.29, 1.82) is 0 Å². The number of pyridine rings is 1. The molecule has 3 aromatic heterocycles. The minimum atomic E-state index is -0.806. The molecule has 0 aliphatic rings. The molecule has 200 valence electrons. The van der Waals surface area contributed by atoms with Crippen LogP contribution >= 0.6 is 10.7 Å². The maximum absolute atomic E-state index is 11.1. The molecule has 0 radical (unpaired) electrons.